The molecule has 1 aromatic carbocycles. The van der Waals surface area contributed by atoms with Crippen molar-refractivity contribution in [2.24, 2.45) is 0 Å². The van der Waals surface area contributed by atoms with Gasteiger partial charge in [0, 0.05) is 17.9 Å². The van der Waals surface area contributed by atoms with Crippen molar-refractivity contribution in [3.05, 3.63) is 35.1 Å². The van der Waals surface area contributed by atoms with Crippen LogP contribution >= 0.6 is 11.6 Å². The van der Waals surface area contributed by atoms with Gasteiger partial charge in [-0.3, -0.25) is 4.79 Å². The zero-order valence-corrected chi connectivity index (χ0v) is 8.40. The molecular weight excluding hydrogens is 229 g/mol. The molecule has 1 aromatic rings. The van der Waals surface area contributed by atoms with Gasteiger partial charge in [0.05, 0.1) is 5.56 Å². The summed E-state index contributed by atoms with van der Waals surface area (Å²) in [6, 6.07) is 2.91. The summed E-state index contributed by atoms with van der Waals surface area (Å²) < 4.78 is 37.4. The second-order valence-electron chi connectivity index (χ2n) is 2.90. The number of halogens is 4. The summed E-state index contributed by atoms with van der Waals surface area (Å²) in [6.07, 6.45) is -2.81. The van der Waals surface area contributed by atoms with Gasteiger partial charge >= 0.3 is 0 Å². The third kappa shape index (κ3) is 2.96. The molecule has 0 aliphatic rings. The highest BCUT2D eigenvalue weighted by Gasteiger charge is 2.15. The molecule has 0 heterocycles. The average molecular weight is 237 g/mol. The summed E-state index contributed by atoms with van der Waals surface area (Å²) in [5.74, 6) is -1.30. The van der Waals surface area contributed by atoms with Crippen molar-refractivity contribution in [3.8, 4) is 0 Å². The van der Waals surface area contributed by atoms with Gasteiger partial charge in [0.15, 0.2) is 5.78 Å². The van der Waals surface area contributed by atoms with Crippen LogP contribution in [0.15, 0.2) is 18.2 Å². The second-order valence-corrected chi connectivity index (χ2v) is 3.28. The van der Waals surface area contributed by atoms with Gasteiger partial charge in [0.1, 0.15) is 5.82 Å². The van der Waals surface area contributed by atoms with E-state index >= 15 is 0 Å². The van der Waals surface area contributed by atoms with E-state index in [-0.39, 0.29) is 23.6 Å². The van der Waals surface area contributed by atoms with Crippen LogP contribution in [0.4, 0.5) is 13.2 Å². The molecule has 0 atom stereocenters. The summed E-state index contributed by atoms with van der Waals surface area (Å²) in [4.78, 5) is 11.2. The molecule has 15 heavy (non-hydrogen) atoms. The molecule has 0 spiro atoms. The smallest absolute Gasteiger partial charge is 0.266 e. The second kappa shape index (κ2) is 5.16. The molecule has 0 N–H and O–H groups in total. The zero-order chi connectivity index (χ0) is 11.4. The molecule has 1 rings (SSSR count). The molecule has 0 aliphatic heterocycles. The number of hydrogen-bond acceptors (Lipinski definition) is 1. The maximum Gasteiger partial charge on any atom is 0.266 e. The van der Waals surface area contributed by atoms with Gasteiger partial charge < -0.3 is 0 Å². The van der Waals surface area contributed by atoms with E-state index in [2.05, 4.69) is 0 Å². The van der Waals surface area contributed by atoms with Gasteiger partial charge in [-0.05, 0) is 12.1 Å². The van der Waals surface area contributed by atoms with Crippen molar-refractivity contribution >= 4 is 17.4 Å². The number of Topliss-reactive ketones (excluding diaryl/α,β-unsaturated/α-hetero) is 1. The van der Waals surface area contributed by atoms with Crippen LogP contribution in [-0.4, -0.2) is 11.7 Å². The highest BCUT2D eigenvalue weighted by atomic mass is 35.5. The Balaban J connectivity index is 2.96. The largest absolute Gasteiger partial charge is 0.294 e. The van der Waals surface area contributed by atoms with Crippen LogP contribution in [0, 0.1) is 5.82 Å². The normalized spacial score (nSPS) is 10.7. The summed E-state index contributed by atoms with van der Waals surface area (Å²) in [5.41, 5.74) is -0.630. The highest BCUT2D eigenvalue weighted by Crippen LogP contribution is 2.23. The summed E-state index contributed by atoms with van der Waals surface area (Å²) >= 11 is 5.33. The fourth-order valence-electron chi connectivity index (χ4n) is 1.11. The summed E-state index contributed by atoms with van der Waals surface area (Å²) in [5, 5.41) is 0. The fraction of sp³-hybridized carbons (Fsp3) is 0.300. The minimum Gasteiger partial charge on any atom is -0.294 e. The van der Waals surface area contributed by atoms with Crippen molar-refractivity contribution in [2.75, 3.05) is 5.88 Å². The quantitative estimate of drug-likeness (QED) is 0.577. The standard InChI is InChI=1S/C10H8ClF3O/c11-4-3-9(15)6-1-2-7(10(13)14)8(12)5-6/h1-2,5,10H,3-4H2. The summed E-state index contributed by atoms with van der Waals surface area (Å²) in [7, 11) is 0. The van der Waals surface area contributed by atoms with Crippen LogP contribution in [0.3, 0.4) is 0 Å². The Morgan fingerprint density at radius 2 is 2.07 bits per heavy atom. The van der Waals surface area contributed by atoms with E-state index in [0.29, 0.717) is 0 Å². The van der Waals surface area contributed by atoms with Crippen molar-refractivity contribution in [3.63, 3.8) is 0 Å². The minimum atomic E-state index is -2.87. The molecule has 0 radical (unpaired) electrons. The van der Waals surface area contributed by atoms with Gasteiger partial charge in [0.25, 0.3) is 6.43 Å². The van der Waals surface area contributed by atoms with E-state index in [4.69, 9.17) is 11.6 Å². The number of hydrogen-bond donors (Lipinski definition) is 0. The number of carbonyl (C=O) groups excluding carboxylic acids is 1. The summed E-state index contributed by atoms with van der Waals surface area (Å²) in [6.45, 7) is 0. The third-order valence-corrected chi connectivity index (χ3v) is 2.07. The number of carbonyl (C=O) groups is 1. The maximum absolute atomic E-state index is 13.0. The molecule has 82 valence electrons. The first-order valence-corrected chi connectivity index (χ1v) is 4.76. The van der Waals surface area contributed by atoms with Gasteiger partial charge in [-0.1, -0.05) is 6.07 Å². The Morgan fingerprint density at radius 1 is 1.40 bits per heavy atom. The first kappa shape index (κ1) is 12.0. The van der Waals surface area contributed by atoms with Crippen LogP contribution in [0.25, 0.3) is 0 Å². The molecule has 0 amide bonds. The van der Waals surface area contributed by atoms with E-state index in [1.807, 2.05) is 0 Å². The minimum absolute atomic E-state index is 0.0645. The topological polar surface area (TPSA) is 17.1 Å². The highest BCUT2D eigenvalue weighted by molar-refractivity contribution is 6.19. The molecule has 0 saturated carbocycles. The lowest BCUT2D eigenvalue weighted by Crippen LogP contribution is -2.02. The Hall–Kier alpha value is -1.03. The van der Waals surface area contributed by atoms with Crippen molar-refractivity contribution in [1.29, 1.82) is 0 Å². The van der Waals surface area contributed by atoms with Crippen LogP contribution < -0.4 is 0 Å². The number of benzene rings is 1. The van der Waals surface area contributed by atoms with E-state index in [0.717, 1.165) is 12.1 Å². The number of alkyl halides is 3. The molecule has 0 aliphatic carbocycles. The van der Waals surface area contributed by atoms with Crippen molar-refractivity contribution < 1.29 is 18.0 Å². The van der Waals surface area contributed by atoms with Crippen LogP contribution in [0.1, 0.15) is 28.8 Å². The lowest BCUT2D eigenvalue weighted by molar-refractivity contribution is 0.0988. The number of ketones is 1. The Bertz CT molecular complexity index is 366. The van der Waals surface area contributed by atoms with E-state index < -0.39 is 17.8 Å². The Labute approximate surface area is 89.9 Å². The van der Waals surface area contributed by atoms with E-state index in [9.17, 15) is 18.0 Å². The first-order chi connectivity index (χ1) is 7.06. The molecule has 0 bridgehead atoms. The molecular formula is C10H8ClF3O. The van der Waals surface area contributed by atoms with Gasteiger partial charge in [-0.15, -0.1) is 11.6 Å². The predicted molar refractivity (Wildman–Crippen MR) is 51.0 cm³/mol. The van der Waals surface area contributed by atoms with Crippen molar-refractivity contribution in [1.82, 2.24) is 0 Å². The molecule has 0 unspecified atom stereocenters. The van der Waals surface area contributed by atoms with E-state index in [1.54, 1.807) is 0 Å². The molecule has 0 aromatic heterocycles. The molecule has 1 nitrogen and oxygen atoms in total. The fourth-order valence-corrected chi connectivity index (χ4v) is 1.28. The van der Waals surface area contributed by atoms with Gasteiger partial charge in [-0.2, -0.15) is 0 Å². The van der Waals surface area contributed by atoms with Gasteiger partial charge in [0.2, 0.25) is 0 Å². The van der Waals surface area contributed by atoms with Crippen LogP contribution in [0.2, 0.25) is 0 Å². The zero-order valence-electron chi connectivity index (χ0n) is 7.64. The van der Waals surface area contributed by atoms with Crippen molar-refractivity contribution in [2.45, 2.75) is 12.8 Å². The monoisotopic (exact) mass is 236 g/mol. The lowest BCUT2D eigenvalue weighted by atomic mass is 10.1. The van der Waals surface area contributed by atoms with Crippen LogP contribution in [0.5, 0.6) is 0 Å². The molecule has 0 saturated heterocycles. The third-order valence-electron chi connectivity index (χ3n) is 1.88. The maximum atomic E-state index is 13.0. The Morgan fingerprint density at radius 3 is 2.53 bits per heavy atom. The first-order valence-electron chi connectivity index (χ1n) is 4.23. The predicted octanol–water partition coefficient (Wildman–Crippen LogP) is 3.57. The van der Waals surface area contributed by atoms with Crippen LogP contribution in [-0.2, 0) is 0 Å². The lowest BCUT2D eigenvalue weighted by Gasteiger charge is -2.03. The van der Waals surface area contributed by atoms with Gasteiger partial charge in [-0.25, -0.2) is 13.2 Å². The molecule has 5 heteroatoms. The number of rotatable bonds is 4. The average Bonchev–Trinajstić information content (AvgIpc) is 2.17. The SMILES string of the molecule is O=C(CCCl)c1ccc(C(F)F)c(F)c1. The molecule has 0 fully saturated rings. The van der Waals surface area contributed by atoms with E-state index in [1.165, 1.54) is 6.07 Å². The Kier molecular flexibility index (Phi) is 4.15.